The first kappa shape index (κ1) is 17.1. The molecule has 1 aliphatic heterocycles. The van der Waals surface area contributed by atoms with E-state index in [-0.39, 0.29) is 29.5 Å². The molecular formula is C17H17N3O4S. The smallest absolute Gasteiger partial charge is 0.257 e. The van der Waals surface area contributed by atoms with Crippen LogP contribution < -0.4 is 15.6 Å². The number of hydrogen-bond acceptors (Lipinski definition) is 6. The molecule has 7 nitrogen and oxygen atoms in total. The van der Waals surface area contributed by atoms with Gasteiger partial charge in [0.1, 0.15) is 17.3 Å². The van der Waals surface area contributed by atoms with Gasteiger partial charge in [0.25, 0.3) is 5.56 Å². The molecule has 2 heterocycles. The number of benzene rings is 1. The van der Waals surface area contributed by atoms with Crippen molar-refractivity contribution in [2.45, 2.75) is 17.5 Å². The second kappa shape index (κ2) is 7.02. The van der Waals surface area contributed by atoms with Crippen LogP contribution in [0.2, 0.25) is 0 Å². The summed E-state index contributed by atoms with van der Waals surface area (Å²) in [6.45, 7) is 3.62. The number of amides is 1. The molecule has 1 aromatic heterocycles. The summed E-state index contributed by atoms with van der Waals surface area (Å²) >= 11 is 1.31. The molecular weight excluding hydrogens is 342 g/mol. The number of thioether (sulfide) groups is 1. The fourth-order valence-electron chi connectivity index (χ4n) is 2.77. The summed E-state index contributed by atoms with van der Waals surface area (Å²) in [6.07, 6.45) is 1.75. The van der Waals surface area contributed by atoms with Gasteiger partial charge in [-0.05, 0) is 6.07 Å². The van der Waals surface area contributed by atoms with Crippen LogP contribution >= 0.6 is 11.8 Å². The van der Waals surface area contributed by atoms with Crippen LogP contribution in [-0.4, -0.2) is 33.8 Å². The van der Waals surface area contributed by atoms with Crippen LogP contribution in [0.3, 0.4) is 0 Å². The number of methoxy groups -OCH3 is 1. The topological polar surface area (TPSA) is 104 Å². The van der Waals surface area contributed by atoms with E-state index in [1.807, 2.05) is 0 Å². The predicted octanol–water partition coefficient (Wildman–Crippen LogP) is 2.24. The van der Waals surface area contributed by atoms with Crippen LogP contribution in [0.4, 0.5) is 5.82 Å². The maximum Gasteiger partial charge on any atom is 0.257 e. The first-order valence-electron chi connectivity index (χ1n) is 7.58. The van der Waals surface area contributed by atoms with Crippen molar-refractivity contribution in [2.24, 2.45) is 0 Å². The van der Waals surface area contributed by atoms with Crippen LogP contribution in [0, 0.1) is 0 Å². The Morgan fingerprint density at radius 1 is 1.48 bits per heavy atom. The molecule has 130 valence electrons. The number of aromatic amines is 1. The maximum absolute atomic E-state index is 12.6. The Kier molecular flexibility index (Phi) is 4.80. The number of anilines is 1. The summed E-state index contributed by atoms with van der Waals surface area (Å²) in [7, 11) is 1.49. The van der Waals surface area contributed by atoms with Crippen molar-refractivity contribution in [2.75, 3.05) is 18.2 Å². The minimum atomic E-state index is -0.579. The van der Waals surface area contributed by atoms with E-state index in [2.05, 4.69) is 21.9 Å². The number of H-pyrrole nitrogens is 1. The van der Waals surface area contributed by atoms with Crippen molar-refractivity contribution in [1.29, 1.82) is 0 Å². The third-order valence-corrected chi connectivity index (χ3v) is 4.75. The molecule has 1 unspecified atom stereocenters. The second-order valence-corrected chi connectivity index (χ2v) is 6.47. The number of nitrogens with one attached hydrogen (secondary N) is 2. The predicted molar refractivity (Wildman–Crippen MR) is 95.5 cm³/mol. The van der Waals surface area contributed by atoms with Gasteiger partial charge in [0.2, 0.25) is 5.91 Å². The zero-order valence-corrected chi connectivity index (χ0v) is 14.4. The number of aromatic nitrogens is 2. The fourth-order valence-corrected chi connectivity index (χ4v) is 3.36. The molecule has 25 heavy (non-hydrogen) atoms. The number of carbonyl (C=O) groups is 1. The van der Waals surface area contributed by atoms with Gasteiger partial charge in [0, 0.05) is 29.7 Å². The Hall–Kier alpha value is -2.74. The number of ether oxygens (including phenoxy) is 1. The lowest BCUT2D eigenvalue weighted by Crippen LogP contribution is -2.31. The molecule has 1 atom stereocenters. The Bertz CT molecular complexity index is 894. The number of phenols is 1. The molecule has 2 aromatic rings. The molecule has 0 spiro atoms. The van der Waals surface area contributed by atoms with E-state index in [4.69, 9.17) is 4.74 Å². The number of rotatable bonds is 5. The lowest BCUT2D eigenvalue weighted by atomic mass is 9.86. The van der Waals surface area contributed by atoms with Crippen molar-refractivity contribution in [1.82, 2.24) is 9.97 Å². The number of hydrogen-bond donors (Lipinski definition) is 3. The van der Waals surface area contributed by atoms with Crippen molar-refractivity contribution in [3.05, 3.63) is 52.3 Å². The van der Waals surface area contributed by atoms with Gasteiger partial charge in [-0.15, -0.1) is 6.58 Å². The van der Waals surface area contributed by atoms with Gasteiger partial charge in [-0.1, -0.05) is 23.9 Å². The number of phenolic OH excluding ortho intramolecular Hbond substituents is 1. The summed E-state index contributed by atoms with van der Waals surface area (Å²) < 4.78 is 5.07. The molecule has 0 fully saturated rings. The average Bonchev–Trinajstić information content (AvgIpc) is 2.58. The van der Waals surface area contributed by atoms with Gasteiger partial charge >= 0.3 is 0 Å². The highest BCUT2D eigenvalue weighted by Gasteiger charge is 2.32. The third kappa shape index (κ3) is 3.39. The van der Waals surface area contributed by atoms with Gasteiger partial charge in [0.15, 0.2) is 5.16 Å². The monoisotopic (exact) mass is 359 g/mol. The molecule has 0 radical (unpaired) electrons. The van der Waals surface area contributed by atoms with E-state index in [9.17, 15) is 14.7 Å². The standard InChI is InChI=1S/C17H17N3O4S/c1-3-6-25-17-19-15-14(16(23)20-17)11(8-13(22)18-15)10-5-4-9(24-2)7-12(10)21/h3-5,7,11,21H,1,6,8H2,2H3,(H2,18,19,20,22,23). The van der Waals surface area contributed by atoms with Crippen molar-refractivity contribution >= 4 is 23.5 Å². The third-order valence-electron chi connectivity index (χ3n) is 3.88. The quantitative estimate of drug-likeness (QED) is 0.430. The minimum Gasteiger partial charge on any atom is -0.508 e. The SMILES string of the molecule is C=CCSc1nc2c(c(=O)[nH]1)C(c1ccc(OC)cc1O)CC(=O)N2. The lowest BCUT2D eigenvalue weighted by Gasteiger charge is -2.25. The fraction of sp³-hybridized carbons (Fsp3) is 0.235. The van der Waals surface area contributed by atoms with Gasteiger partial charge in [-0.2, -0.15) is 0 Å². The normalized spacial score (nSPS) is 16.0. The molecule has 0 bridgehead atoms. The molecule has 1 aliphatic rings. The van der Waals surface area contributed by atoms with Crippen molar-refractivity contribution < 1.29 is 14.6 Å². The van der Waals surface area contributed by atoms with Crippen LogP contribution in [0.5, 0.6) is 11.5 Å². The van der Waals surface area contributed by atoms with E-state index in [0.29, 0.717) is 27.8 Å². The summed E-state index contributed by atoms with van der Waals surface area (Å²) in [5.74, 6) is 0.430. The van der Waals surface area contributed by atoms with Gasteiger partial charge in [0.05, 0.1) is 12.7 Å². The number of fused-ring (bicyclic) bond motifs is 1. The largest absolute Gasteiger partial charge is 0.508 e. The number of carbonyl (C=O) groups excluding carboxylic acids is 1. The van der Waals surface area contributed by atoms with Crippen LogP contribution in [0.25, 0.3) is 0 Å². The molecule has 3 rings (SSSR count). The molecule has 0 aliphatic carbocycles. The molecule has 3 N–H and O–H groups in total. The van der Waals surface area contributed by atoms with Crippen LogP contribution in [0.15, 0.2) is 40.8 Å². The van der Waals surface area contributed by atoms with Crippen molar-refractivity contribution in [3.63, 3.8) is 0 Å². The summed E-state index contributed by atoms with van der Waals surface area (Å²) in [5.41, 5.74) is 0.482. The second-order valence-electron chi connectivity index (χ2n) is 5.46. The minimum absolute atomic E-state index is 0.0329. The van der Waals surface area contributed by atoms with Gasteiger partial charge in [-0.25, -0.2) is 4.98 Å². The van der Waals surface area contributed by atoms with E-state index < -0.39 is 5.92 Å². The van der Waals surface area contributed by atoms with Crippen molar-refractivity contribution in [3.8, 4) is 11.5 Å². The Balaban J connectivity index is 2.08. The van der Waals surface area contributed by atoms with Gasteiger partial charge < -0.3 is 20.1 Å². The summed E-state index contributed by atoms with van der Waals surface area (Å²) in [5, 5.41) is 13.3. The molecule has 8 heteroatoms. The summed E-state index contributed by atoms with van der Waals surface area (Å²) in [4.78, 5) is 31.7. The summed E-state index contributed by atoms with van der Waals surface area (Å²) in [6, 6.07) is 4.79. The van der Waals surface area contributed by atoms with E-state index in [0.717, 1.165) is 0 Å². The number of aromatic hydroxyl groups is 1. The first-order chi connectivity index (χ1) is 12.0. The van der Waals surface area contributed by atoms with Gasteiger partial charge in [-0.3, -0.25) is 9.59 Å². The van der Waals surface area contributed by atoms with Crippen LogP contribution in [-0.2, 0) is 4.79 Å². The molecule has 0 saturated heterocycles. The Labute approximate surface area is 148 Å². The zero-order chi connectivity index (χ0) is 18.0. The zero-order valence-electron chi connectivity index (χ0n) is 13.5. The van der Waals surface area contributed by atoms with E-state index in [1.54, 1.807) is 18.2 Å². The molecule has 1 aromatic carbocycles. The molecule has 0 saturated carbocycles. The number of nitrogens with zero attached hydrogens (tertiary/aromatic N) is 1. The Morgan fingerprint density at radius 2 is 2.28 bits per heavy atom. The lowest BCUT2D eigenvalue weighted by molar-refractivity contribution is -0.116. The highest BCUT2D eigenvalue weighted by Crippen LogP contribution is 2.39. The maximum atomic E-state index is 12.6. The highest BCUT2D eigenvalue weighted by molar-refractivity contribution is 7.99. The van der Waals surface area contributed by atoms with E-state index in [1.165, 1.54) is 24.9 Å². The first-order valence-corrected chi connectivity index (χ1v) is 8.56. The molecule has 1 amide bonds. The van der Waals surface area contributed by atoms with Crippen LogP contribution in [0.1, 0.15) is 23.5 Å². The Morgan fingerprint density at radius 3 is 2.96 bits per heavy atom. The average molecular weight is 359 g/mol. The van der Waals surface area contributed by atoms with E-state index >= 15 is 0 Å². The highest BCUT2D eigenvalue weighted by atomic mass is 32.2.